The standard InChI is InChI=1S/C20H10ClN5/c21-14-8-4-5-9-18(14)26-19(13-6-2-1-3-7-13)10-15-20(26)25-17(12-23)16(11-22)24-15/h1-10H. The molecule has 26 heavy (non-hydrogen) atoms. The molecule has 2 aromatic carbocycles. The van der Waals surface area contributed by atoms with Gasteiger partial charge in [-0.2, -0.15) is 10.5 Å². The highest BCUT2D eigenvalue weighted by Crippen LogP contribution is 2.33. The molecular weight excluding hydrogens is 346 g/mol. The summed E-state index contributed by atoms with van der Waals surface area (Å²) in [6, 6.07) is 22.9. The maximum absolute atomic E-state index is 9.31. The predicted molar refractivity (Wildman–Crippen MR) is 98.7 cm³/mol. The molecule has 0 aliphatic heterocycles. The van der Waals surface area contributed by atoms with Gasteiger partial charge in [0, 0.05) is 0 Å². The van der Waals surface area contributed by atoms with Crippen molar-refractivity contribution in [2.75, 3.05) is 0 Å². The molecule has 0 spiro atoms. The zero-order valence-corrected chi connectivity index (χ0v) is 14.1. The Morgan fingerprint density at radius 1 is 0.846 bits per heavy atom. The minimum atomic E-state index is -0.00832. The summed E-state index contributed by atoms with van der Waals surface area (Å²) < 4.78 is 1.86. The first kappa shape index (κ1) is 15.8. The van der Waals surface area contributed by atoms with E-state index in [9.17, 15) is 10.5 Å². The Balaban J connectivity index is 2.14. The lowest BCUT2D eigenvalue weighted by molar-refractivity contribution is 1.08. The highest BCUT2D eigenvalue weighted by atomic mass is 35.5. The molecule has 0 bridgehead atoms. The van der Waals surface area contributed by atoms with Crippen molar-refractivity contribution in [2.24, 2.45) is 0 Å². The van der Waals surface area contributed by atoms with Gasteiger partial charge in [-0.1, -0.05) is 54.1 Å². The van der Waals surface area contributed by atoms with Crippen LogP contribution in [0.25, 0.3) is 28.1 Å². The average molecular weight is 356 g/mol. The summed E-state index contributed by atoms with van der Waals surface area (Å²) in [6.45, 7) is 0. The summed E-state index contributed by atoms with van der Waals surface area (Å²) in [5, 5.41) is 19.1. The molecule has 2 heterocycles. The SMILES string of the molecule is N#Cc1nc2cc(-c3ccccc3)n(-c3ccccc3Cl)c2nc1C#N. The zero-order chi connectivity index (χ0) is 18.1. The van der Waals surface area contributed by atoms with Crippen LogP contribution in [0.2, 0.25) is 5.02 Å². The van der Waals surface area contributed by atoms with Crippen LogP contribution in [0.3, 0.4) is 0 Å². The molecule has 0 N–H and O–H groups in total. The molecule has 0 saturated carbocycles. The van der Waals surface area contributed by atoms with Crippen molar-refractivity contribution in [3.05, 3.63) is 77.1 Å². The number of halogens is 1. The molecule has 4 aromatic rings. The summed E-state index contributed by atoms with van der Waals surface area (Å²) >= 11 is 6.42. The molecule has 0 amide bonds. The van der Waals surface area contributed by atoms with Crippen molar-refractivity contribution in [3.63, 3.8) is 0 Å². The predicted octanol–water partition coefficient (Wildman–Crippen LogP) is 4.48. The van der Waals surface area contributed by atoms with Crippen LogP contribution in [0.15, 0.2) is 60.7 Å². The van der Waals surface area contributed by atoms with Crippen LogP contribution in [-0.4, -0.2) is 14.5 Å². The first-order valence-corrected chi connectivity index (χ1v) is 8.14. The monoisotopic (exact) mass is 355 g/mol. The fourth-order valence-corrected chi connectivity index (χ4v) is 3.08. The number of nitriles is 2. The Bertz CT molecular complexity index is 1210. The van der Waals surface area contributed by atoms with Gasteiger partial charge in [-0.3, -0.25) is 4.57 Å². The molecular formula is C20H10ClN5. The lowest BCUT2D eigenvalue weighted by atomic mass is 10.1. The average Bonchev–Trinajstić information content (AvgIpc) is 3.06. The first-order chi connectivity index (χ1) is 12.7. The van der Waals surface area contributed by atoms with E-state index in [0.29, 0.717) is 16.2 Å². The third-order valence-corrected chi connectivity index (χ3v) is 4.32. The van der Waals surface area contributed by atoms with Gasteiger partial charge >= 0.3 is 0 Å². The van der Waals surface area contributed by atoms with Gasteiger partial charge in [-0.25, -0.2) is 9.97 Å². The molecule has 0 aliphatic carbocycles. The molecule has 0 saturated heterocycles. The van der Waals surface area contributed by atoms with Crippen LogP contribution in [0.5, 0.6) is 0 Å². The number of aromatic nitrogens is 3. The maximum Gasteiger partial charge on any atom is 0.179 e. The summed E-state index contributed by atoms with van der Waals surface area (Å²) in [7, 11) is 0. The van der Waals surface area contributed by atoms with Gasteiger partial charge in [-0.05, 0) is 23.8 Å². The molecule has 5 nitrogen and oxygen atoms in total. The Morgan fingerprint density at radius 2 is 1.50 bits per heavy atom. The summed E-state index contributed by atoms with van der Waals surface area (Å²) in [4.78, 5) is 8.70. The molecule has 122 valence electrons. The van der Waals surface area contributed by atoms with Crippen LogP contribution < -0.4 is 0 Å². The summed E-state index contributed by atoms with van der Waals surface area (Å²) in [5.74, 6) is 0. The third kappa shape index (κ3) is 2.48. The largest absolute Gasteiger partial charge is 0.291 e. The van der Waals surface area contributed by atoms with E-state index >= 15 is 0 Å². The van der Waals surface area contributed by atoms with Crippen molar-refractivity contribution in [1.29, 1.82) is 10.5 Å². The van der Waals surface area contributed by atoms with Gasteiger partial charge in [-0.15, -0.1) is 0 Å². The lowest BCUT2D eigenvalue weighted by Crippen LogP contribution is -2.01. The van der Waals surface area contributed by atoms with Crippen molar-refractivity contribution in [1.82, 2.24) is 14.5 Å². The lowest BCUT2D eigenvalue weighted by Gasteiger charge is -2.12. The molecule has 0 radical (unpaired) electrons. The van der Waals surface area contributed by atoms with Gasteiger partial charge in [0.1, 0.15) is 17.7 Å². The number of hydrogen-bond donors (Lipinski definition) is 0. The summed E-state index contributed by atoms with van der Waals surface area (Å²) in [6.07, 6.45) is 0. The third-order valence-electron chi connectivity index (χ3n) is 4.00. The zero-order valence-electron chi connectivity index (χ0n) is 13.4. The van der Waals surface area contributed by atoms with Crippen molar-refractivity contribution in [3.8, 4) is 29.1 Å². The second-order valence-corrected chi connectivity index (χ2v) is 5.94. The van der Waals surface area contributed by atoms with Crippen LogP contribution in [0.4, 0.5) is 0 Å². The molecule has 2 aromatic heterocycles. The summed E-state index contributed by atoms with van der Waals surface area (Å²) in [5.41, 5.74) is 3.51. The van der Waals surface area contributed by atoms with Gasteiger partial charge in [0.2, 0.25) is 0 Å². The smallest absolute Gasteiger partial charge is 0.179 e. The van der Waals surface area contributed by atoms with E-state index in [2.05, 4.69) is 9.97 Å². The Morgan fingerprint density at radius 3 is 2.19 bits per heavy atom. The highest BCUT2D eigenvalue weighted by molar-refractivity contribution is 6.32. The number of benzene rings is 2. The number of hydrogen-bond acceptors (Lipinski definition) is 4. The number of fused-ring (bicyclic) bond motifs is 1. The minimum absolute atomic E-state index is 0.00832. The molecule has 6 heteroatoms. The van der Waals surface area contributed by atoms with Gasteiger partial charge in [0.05, 0.1) is 16.4 Å². The van der Waals surface area contributed by atoms with Gasteiger partial charge in [0.15, 0.2) is 17.0 Å². The molecule has 0 atom stereocenters. The quantitative estimate of drug-likeness (QED) is 0.531. The van der Waals surface area contributed by atoms with Gasteiger partial charge < -0.3 is 0 Å². The van der Waals surface area contributed by atoms with E-state index < -0.39 is 0 Å². The van der Waals surface area contributed by atoms with E-state index in [0.717, 1.165) is 16.9 Å². The van der Waals surface area contributed by atoms with E-state index in [4.69, 9.17) is 11.6 Å². The van der Waals surface area contributed by atoms with Crippen molar-refractivity contribution >= 4 is 22.8 Å². The Kier molecular flexibility index (Phi) is 3.85. The van der Waals surface area contributed by atoms with E-state index in [1.165, 1.54) is 0 Å². The maximum atomic E-state index is 9.31. The minimum Gasteiger partial charge on any atom is -0.291 e. The topological polar surface area (TPSA) is 78.3 Å². The van der Waals surface area contributed by atoms with Crippen LogP contribution in [-0.2, 0) is 0 Å². The Hall–Kier alpha value is -3.67. The first-order valence-electron chi connectivity index (χ1n) is 7.77. The molecule has 0 aliphatic rings. The van der Waals surface area contributed by atoms with Crippen LogP contribution in [0, 0.1) is 22.7 Å². The number of nitrogens with zero attached hydrogens (tertiary/aromatic N) is 5. The molecule has 4 rings (SSSR count). The second-order valence-electron chi connectivity index (χ2n) is 5.54. The van der Waals surface area contributed by atoms with Crippen LogP contribution in [0.1, 0.15) is 11.4 Å². The Labute approximate surface area is 154 Å². The molecule has 0 fully saturated rings. The fourth-order valence-electron chi connectivity index (χ4n) is 2.86. The van der Waals surface area contributed by atoms with Crippen LogP contribution >= 0.6 is 11.6 Å². The second kappa shape index (κ2) is 6.33. The fraction of sp³-hybridized carbons (Fsp3) is 0. The van der Waals surface area contributed by atoms with Crippen molar-refractivity contribution < 1.29 is 0 Å². The highest BCUT2D eigenvalue weighted by Gasteiger charge is 2.19. The number of rotatable bonds is 2. The van der Waals surface area contributed by atoms with Gasteiger partial charge in [0.25, 0.3) is 0 Å². The van der Waals surface area contributed by atoms with E-state index in [1.54, 1.807) is 6.07 Å². The number of para-hydroxylation sites is 1. The van der Waals surface area contributed by atoms with Crippen molar-refractivity contribution in [2.45, 2.75) is 0 Å². The van der Waals surface area contributed by atoms with E-state index in [-0.39, 0.29) is 11.4 Å². The molecule has 0 unspecified atom stereocenters. The van der Waals surface area contributed by atoms with E-state index in [1.807, 2.05) is 71.3 Å². The normalized spacial score (nSPS) is 10.4.